The molecule has 2 aromatic rings. The Morgan fingerprint density at radius 2 is 1.50 bits per heavy atom. The molecule has 4 heteroatoms. The normalized spacial score (nSPS) is 16.6. The van der Waals surface area contributed by atoms with Gasteiger partial charge in [0.25, 0.3) is 0 Å². The van der Waals surface area contributed by atoms with Crippen LogP contribution in [0.2, 0.25) is 0 Å². The number of carbonyl (C=O) groups excluding carboxylic acids is 1. The summed E-state index contributed by atoms with van der Waals surface area (Å²) in [5, 5.41) is 3.46. The molecule has 0 bridgehead atoms. The molecule has 1 aliphatic carbocycles. The lowest BCUT2D eigenvalue weighted by Gasteiger charge is -2.33. The van der Waals surface area contributed by atoms with Gasteiger partial charge in [-0.2, -0.15) is 0 Å². The zero-order valence-electron chi connectivity index (χ0n) is 30.7. The minimum atomic E-state index is -0.461. The minimum absolute atomic E-state index is 0.0476. The van der Waals surface area contributed by atoms with Crippen LogP contribution >= 0.6 is 0 Å². The lowest BCUT2D eigenvalue weighted by Crippen LogP contribution is -2.57. The molecular formula is C42H65N2O2+. The number of carbonyl (C=O) groups is 1. The fourth-order valence-electron chi connectivity index (χ4n) is 6.52. The number of hydrogen-bond acceptors (Lipinski definition) is 2. The maximum atomic E-state index is 13.6. The third-order valence-corrected chi connectivity index (χ3v) is 9.73. The van der Waals surface area contributed by atoms with Crippen molar-refractivity contribution < 1.29 is 14.1 Å². The van der Waals surface area contributed by atoms with Crippen molar-refractivity contribution in [2.45, 2.75) is 163 Å². The number of pyridine rings is 1. The first-order valence-electron chi connectivity index (χ1n) is 18.3. The first-order chi connectivity index (χ1) is 21.9. The summed E-state index contributed by atoms with van der Waals surface area (Å²) in [6, 6.07) is 8.50. The van der Waals surface area contributed by atoms with Gasteiger partial charge in [0, 0.05) is 18.1 Å². The molecule has 4 nitrogen and oxygen atoms in total. The molecule has 0 saturated heterocycles. The van der Waals surface area contributed by atoms with Gasteiger partial charge in [-0.05, 0) is 62.3 Å². The van der Waals surface area contributed by atoms with E-state index in [4.69, 9.17) is 4.74 Å². The lowest BCUT2D eigenvalue weighted by atomic mass is 9.83. The van der Waals surface area contributed by atoms with E-state index in [2.05, 4.69) is 114 Å². The molecule has 254 valence electrons. The molecule has 0 aliphatic heterocycles. The third-order valence-electron chi connectivity index (χ3n) is 9.73. The van der Waals surface area contributed by atoms with Crippen molar-refractivity contribution >= 4 is 5.91 Å². The van der Waals surface area contributed by atoms with E-state index in [9.17, 15) is 4.79 Å². The number of nitrogens with one attached hydrogen (secondary N) is 1. The number of hydrogen-bond donors (Lipinski definition) is 1. The van der Waals surface area contributed by atoms with Gasteiger partial charge in [0.1, 0.15) is 11.3 Å². The fraction of sp³-hybridized carbons (Fsp3) is 0.619. The quantitative estimate of drug-likeness (QED) is 0.124. The molecule has 1 N–H and O–H groups in total. The largest absolute Gasteiger partial charge is 0.493 e. The number of allylic oxidation sites excluding steroid dienone is 2. The van der Waals surface area contributed by atoms with Gasteiger partial charge in [0.15, 0.2) is 18.9 Å². The van der Waals surface area contributed by atoms with Crippen molar-refractivity contribution in [3.05, 3.63) is 82.2 Å². The van der Waals surface area contributed by atoms with Crippen LogP contribution in [-0.4, -0.2) is 18.1 Å². The lowest BCUT2D eigenvalue weighted by molar-refractivity contribution is -0.703. The van der Waals surface area contributed by atoms with E-state index < -0.39 is 5.54 Å². The highest BCUT2D eigenvalue weighted by atomic mass is 16.5. The van der Waals surface area contributed by atoms with Crippen LogP contribution in [0.25, 0.3) is 0 Å². The number of aromatic nitrogens is 1. The molecular weight excluding hydrogens is 564 g/mol. The van der Waals surface area contributed by atoms with Crippen molar-refractivity contribution in [2.75, 3.05) is 6.61 Å². The Hall–Kier alpha value is -2.88. The van der Waals surface area contributed by atoms with Gasteiger partial charge in [-0.25, -0.2) is 4.57 Å². The van der Waals surface area contributed by atoms with E-state index in [0.29, 0.717) is 13.0 Å². The minimum Gasteiger partial charge on any atom is -0.493 e. The fourth-order valence-corrected chi connectivity index (χ4v) is 6.52. The smallest absolute Gasteiger partial charge is 0.225 e. The highest BCUT2D eigenvalue weighted by Crippen LogP contribution is 2.33. The summed E-state index contributed by atoms with van der Waals surface area (Å²) in [6.07, 6.45) is 25.9. The first kappa shape index (κ1) is 37.6. The number of nitrogens with zero attached hydrogens (tertiary/aromatic N) is 1. The molecule has 3 rings (SSSR count). The molecule has 1 atom stereocenters. The van der Waals surface area contributed by atoms with Gasteiger partial charge in [0.05, 0.1) is 13.0 Å². The summed E-state index contributed by atoms with van der Waals surface area (Å²) in [7, 11) is 0. The molecule has 46 heavy (non-hydrogen) atoms. The van der Waals surface area contributed by atoms with E-state index in [-0.39, 0.29) is 11.3 Å². The molecule has 0 fully saturated rings. The maximum Gasteiger partial charge on any atom is 0.225 e. The van der Waals surface area contributed by atoms with Crippen LogP contribution in [-0.2, 0) is 23.2 Å². The topological polar surface area (TPSA) is 42.2 Å². The van der Waals surface area contributed by atoms with Crippen LogP contribution in [0.5, 0.6) is 5.75 Å². The SMILES string of the molecule is CCCCCCCCCCCCCCOc1ccc(CC(=O)NC2(C[n+]3ccc(C)c(C)c3)C=CC(C)=C(C)C2)cc1C(C)(C)C. The van der Waals surface area contributed by atoms with Crippen LogP contribution in [0.1, 0.15) is 147 Å². The molecule has 1 aromatic carbocycles. The van der Waals surface area contributed by atoms with E-state index in [0.717, 1.165) is 30.8 Å². The highest BCUT2D eigenvalue weighted by molar-refractivity contribution is 5.80. The van der Waals surface area contributed by atoms with Gasteiger partial charge < -0.3 is 10.1 Å². The van der Waals surface area contributed by atoms with Crippen molar-refractivity contribution in [3.63, 3.8) is 0 Å². The third kappa shape index (κ3) is 12.4. The van der Waals surface area contributed by atoms with Crippen LogP contribution in [0, 0.1) is 13.8 Å². The van der Waals surface area contributed by atoms with Crippen LogP contribution in [0.3, 0.4) is 0 Å². The second-order valence-electron chi connectivity index (χ2n) is 15.2. The summed E-state index contributed by atoms with van der Waals surface area (Å²) >= 11 is 0. The maximum absolute atomic E-state index is 13.6. The van der Waals surface area contributed by atoms with Crippen molar-refractivity contribution in [3.8, 4) is 5.75 Å². The van der Waals surface area contributed by atoms with Crippen LogP contribution in [0.15, 0.2) is 60.0 Å². The number of amides is 1. The Balaban J connectivity index is 1.54. The molecule has 1 unspecified atom stereocenters. The zero-order valence-corrected chi connectivity index (χ0v) is 30.7. The predicted molar refractivity (Wildman–Crippen MR) is 195 cm³/mol. The molecule has 0 saturated carbocycles. The van der Waals surface area contributed by atoms with Gasteiger partial charge in [-0.15, -0.1) is 0 Å². The van der Waals surface area contributed by atoms with E-state index in [1.54, 1.807) is 0 Å². The standard InChI is InChI=1S/C42H64N2O2/c1-9-10-11-12-13-14-15-16-17-18-19-20-27-46-39-22-21-37(28-38(39)41(6,7)8)29-40(45)43-42(25-23-33(2)35(4)30-42)32-44-26-24-34(3)36(5)31-44/h21-26,28,31H,9-20,27,29-30,32H2,1-8H3/p+1. The molecule has 0 radical (unpaired) electrons. The Labute approximate surface area is 282 Å². The second-order valence-corrected chi connectivity index (χ2v) is 15.2. The summed E-state index contributed by atoms with van der Waals surface area (Å²) in [4.78, 5) is 13.6. The molecule has 1 aliphatic rings. The summed E-state index contributed by atoms with van der Waals surface area (Å²) in [6.45, 7) is 19.0. The monoisotopic (exact) mass is 630 g/mol. The number of ether oxygens (including phenoxy) is 1. The van der Waals surface area contributed by atoms with E-state index >= 15 is 0 Å². The van der Waals surface area contributed by atoms with E-state index in [1.165, 1.54) is 98.5 Å². The number of rotatable bonds is 19. The average molecular weight is 630 g/mol. The number of unbranched alkanes of at least 4 members (excludes halogenated alkanes) is 11. The van der Waals surface area contributed by atoms with Gasteiger partial charge in [-0.3, -0.25) is 4.79 Å². The molecule has 1 aromatic heterocycles. The first-order valence-corrected chi connectivity index (χ1v) is 18.3. The van der Waals surface area contributed by atoms with Crippen molar-refractivity contribution in [2.24, 2.45) is 0 Å². The van der Waals surface area contributed by atoms with Gasteiger partial charge >= 0.3 is 0 Å². The second kappa shape index (κ2) is 18.5. The predicted octanol–water partition coefficient (Wildman–Crippen LogP) is 10.4. The Bertz CT molecular complexity index is 1320. The molecule has 1 heterocycles. The van der Waals surface area contributed by atoms with Crippen molar-refractivity contribution in [1.29, 1.82) is 0 Å². The number of aryl methyl sites for hydroxylation is 2. The summed E-state index contributed by atoms with van der Waals surface area (Å²) in [5.74, 6) is 1.00. The molecule has 1 amide bonds. The zero-order chi connectivity index (χ0) is 33.6. The van der Waals surface area contributed by atoms with Crippen LogP contribution in [0.4, 0.5) is 0 Å². The summed E-state index contributed by atoms with van der Waals surface area (Å²) < 4.78 is 8.55. The van der Waals surface area contributed by atoms with Crippen molar-refractivity contribution in [1.82, 2.24) is 5.32 Å². The van der Waals surface area contributed by atoms with Gasteiger partial charge in [0.2, 0.25) is 5.91 Å². The van der Waals surface area contributed by atoms with Crippen LogP contribution < -0.4 is 14.6 Å². The number of benzene rings is 1. The summed E-state index contributed by atoms with van der Waals surface area (Å²) in [5.41, 5.74) is 6.78. The average Bonchev–Trinajstić information content (AvgIpc) is 2.99. The van der Waals surface area contributed by atoms with E-state index in [1.807, 2.05) is 0 Å². The Morgan fingerprint density at radius 1 is 0.870 bits per heavy atom. The Kier molecular flexibility index (Phi) is 15.1. The molecule has 0 spiro atoms. The Morgan fingerprint density at radius 3 is 2.09 bits per heavy atom. The van der Waals surface area contributed by atoms with Gasteiger partial charge in [-0.1, -0.05) is 134 Å². The highest BCUT2D eigenvalue weighted by Gasteiger charge is 2.36.